The molecule has 0 radical (unpaired) electrons. The summed E-state index contributed by atoms with van der Waals surface area (Å²) in [5.41, 5.74) is 0.511. The second-order valence-corrected chi connectivity index (χ2v) is 6.39. The van der Waals surface area contributed by atoms with Crippen LogP contribution in [0, 0.1) is 0 Å². The number of carbonyl (C=O) groups excluding carboxylic acids is 2. The highest BCUT2D eigenvalue weighted by atomic mass is 16.5. The fourth-order valence-electron chi connectivity index (χ4n) is 3.28. The number of hydrogen-bond acceptors (Lipinski definition) is 4. The number of fused-ring (bicyclic) bond motifs is 1. The molecule has 7 nitrogen and oxygen atoms in total. The Kier molecular flexibility index (Phi) is 5.21. The van der Waals surface area contributed by atoms with Crippen molar-refractivity contribution in [1.29, 1.82) is 0 Å². The first-order valence-corrected chi connectivity index (χ1v) is 8.63. The Labute approximate surface area is 146 Å². The zero-order valence-electron chi connectivity index (χ0n) is 14.0. The maximum atomic E-state index is 12.7. The average Bonchev–Trinajstić information content (AvgIpc) is 2.87. The Bertz CT molecular complexity index is 667. The Morgan fingerprint density at radius 1 is 1.12 bits per heavy atom. The van der Waals surface area contributed by atoms with Gasteiger partial charge in [-0.15, -0.1) is 0 Å². The molecule has 1 N–H and O–H groups in total. The molecule has 134 valence electrons. The number of likely N-dealkylation sites (tertiary alicyclic amines) is 1. The number of nitrogens with zero attached hydrogens (tertiary/aromatic N) is 2. The van der Waals surface area contributed by atoms with Crippen LogP contribution in [0.15, 0.2) is 24.3 Å². The molecule has 1 saturated heterocycles. The molecule has 0 aliphatic carbocycles. The summed E-state index contributed by atoms with van der Waals surface area (Å²) >= 11 is 0. The van der Waals surface area contributed by atoms with Gasteiger partial charge in [0.15, 0.2) is 6.10 Å². The molecule has 2 heterocycles. The molecular formula is C18H22N2O5. The minimum absolute atomic E-state index is 0.0880. The number of carbonyl (C=O) groups is 3. The lowest BCUT2D eigenvalue weighted by Gasteiger charge is -2.34. The molecule has 0 aromatic heterocycles. The smallest absolute Gasteiger partial charge is 0.307 e. The largest absolute Gasteiger partial charge is 0.481 e. The van der Waals surface area contributed by atoms with Crippen molar-refractivity contribution in [2.45, 2.75) is 38.2 Å². The van der Waals surface area contributed by atoms with E-state index in [1.54, 1.807) is 29.2 Å². The van der Waals surface area contributed by atoms with E-state index in [4.69, 9.17) is 9.84 Å². The maximum Gasteiger partial charge on any atom is 0.307 e. The number of hydrogen-bond donors (Lipinski definition) is 1. The second kappa shape index (κ2) is 7.55. The molecule has 2 amide bonds. The fourth-order valence-corrected chi connectivity index (χ4v) is 3.28. The first-order valence-electron chi connectivity index (χ1n) is 8.63. The molecule has 2 aliphatic heterocycles. The van der Waals surface area contributed by atoms with E-state index in [9.17, 15) is 14.4 Å². The van der Waals surface area contributed by atoms with Gasteiger partial charge in [0, 0.05) is 13.1 Å². The molecule has 0 spiro atoms. The van der Waals surface area contributed by atoms with Crippen LogP contribution < -0.4 is 9.64 Å². The Morgan fingerprint density at radius 2 is 1.80 bits per heavy atom. The topological polar surface area (TPSA) is 87.2 Å². The third kappa shape index (κ3) is 3.92. The van der Waals surface area contributed by atoms with Gasteiger partial charge in [0.05, 0.1) is 12.1 Å². The molecule has 1 atom stereocenters. The summed E-state index contributed by atoms with van der Waals surface area (Å²) in [6, 6.07) is 6.90. The highest BCUT2D eigenvalue weighted by Crippen LogP contribution is 2.34. The average molecular weight is 346 g/mol. The summed E-state index contributed by atoms with van der Waals surface area (Å²) in [4.78, 5) is 39.5. The van der Waals surface area contributed by atoms with Crippen LogP contribution in [0.2, 0.25) is 0 Å². The minimum atomic E-state index is -1.11. The van der Waals surface area contributed by atoms with Crippen LogP contribution in [-0.2, 0) is 14.4 Å². The molecule has 2 aliphatic rings. The summed E-state index contributed by atoms with van der Waals surface area (Å²) in [5.74, 6) is -1.28. The standard InChI is InChI=1S/C18H22N2O5/c21-16(19-9-5-1-2-6-10-19)12-20-13-7-3-4-8-14(13)25-15(18(20)24)11-17(22)23/h3-4,7-8,15H,1-2,5-6,9-12H2,(H,22,23). The van der Waals surface area contributed by atoms with Crippen molar-refractivity contribution in [3.05, 3.63) is 24.3 Å². The SMILES string of the molecule is O=C(O)CC1Oc2ccccc2N(CC(=O)N2CCCCCC2)C1=O. The molecule has 1 aromatic rings. The first-order chi connectivity index (χ1) is 12.1. The molecule has 1 unspecified atom stereocenters. The van der Waals surface area contributed by atoms with Crippen LogP contribution in [0.1, 0.15) is 32.1 Å². The first kappa shape index (κ1) is 17.3. The van der Waals surface area contributed by atoms with E-state index in [1.807, 2.05) is 0 Å². The van der Waals surface area contributed by atoms with Crippen molar-refractivity contribution in [1.82, 2.24) is 4.90 Å². The lowest BCUT2D eigenvalue weighted by molar-refractivity contribution is -0.142. The predicted octanol–water partition coefficient (Wildman–Crippen LogP) is 1.66. The van der Waals surface area contributed by atoms with Crippen molar-refractivity contribution >= 4 is 23.5 Å². The van der Waals surface area contributed by atoms with Gasteiger partial charge in [0.2, 0.25) is 5.91 Å². The van der Waals surface area contributed by atoms with Crippen LogP contribution >= 0.6 is 0 Å². The minimum Gasteiger partial charge on any atom is -0.481 e. The van der Waals surface area contributed by atoms with Crippen molar-refractivity contribution in [2.75, 3.05) is 24.5 Å². The summed E-state index contributed by atoms with van der Waals surface area (Å²) in [6.45, 7) is 1.32. The van der Waals surface area contributed by atoms with Gasteiger partial charge in [-0.3, -0.25) is 19.3 Å². The number of ether oxygens (including phenoxy) is 1. The fraction of sp³-hybridized carbons (Fsp3) is 0.500. The van der Waals surface area contributed by atoms with Crippen LogP contribution in [-0.4, -0.2) is 53.5 Å². The van der Waals surface area contributed by atoms with E-state index in [0.717, 1.165) is 25.7 Å². The number of anilines is 1. The molecular weight excluding hydrogens is 324 g/mol. The van der Waals surface area contributed by atoms with Gasteiger partial charge in [0.25, 0.3) is 5.91 Å². The second-order valence-electron chi connectivity index (χ2n) is 6.39. The number of para-hydroxylation sites is 2. The van der Waals surface area contributed by atoms with E-state index >= 15 is 0 Å². The van der Waals surface area contributed by atoms with Crippen LogP contribution in [0.25, 0.3) is 0 Å². The number of aliphatic carboxylic acids is 1. The van der Waals surface area contributed by atoms with Crippen molar-refractivity contribution < 1.29 is 24.2 Å². The van der Waals surface area contributed by atoms with Crippen LogP contribution in [0.4, 0.5) is 5.69 Å². The van der Waals surface area contributed by atoms with E-state index < -0.39 is 24.4 Å². The van der Waals surface area contributed by atoms with E-state index in [1.165, 1.54) is 4.90 Å². The molecule has 3 rings (SSSR count). The third-order valence-electron chi connectivity index (χ3n) is 4.58. The molecule has 1 aromatic carbocycles. The van der Waals surface area contributed by atoms with Gasteiger partial charge >= 0.3 is 5.97 Å². The number of carboxylic acids is 1. The summed E-state index contributed by atoms with van der Waals surface area (Å²) in [6.07, 6.45) is 2.64. The molecule has 7 heteroatoms. The van der Waals surface area contributed by atoms with Crippen LogP contribution in [0.3, 0.4) is 0 Å². The summed E-state index contributed by atoms with van der Waals surface area (Å²) in [5, 5.41) is 9.01. The molecule has 1 fully saturated rings. The van der Waals surface area contributed by atoms with E-state index in [2.05, 4.69) is 0 Å². The predicted molar refractivity (Wildman–Crippen MR) is 90.5 cm³/mol. The Morgan fingerprint density at radius 3 is 2.48 bits per heavy atom. The van der Waals surface area contributed by atoms with Gasteiger partial charge in [-0.05, 0) is 25.0 Å². The van der Waals surface area contributed by atoms with Gasteiger partial charge in [-0.1, -0.05) is 25.0 Å². The Hall–Kier alpha value is -2.57. The lowest BCUT2D eigenvalue weighted by atomic mass is 10.1. The highest BCUT2D eigenvalue weighted by molar-refractivity contribution is 6.04. The van der Waals surface area contributed by atoms with E-state index in [-0.39, 0.29) is 12.5 Å². The summed E-state index contributed by atoms with van der Waals surface area (Å²) in [7, 11) is 0. The van der Waals surface area contributed by atoms with E-state index in [0.29, 0.717) is 24.5 Å². The Balaban J connectivity index is 1.80. The van der Waals surface area contributed by atoms with Gasteiger partial charge in [-0.25, -0.2) is 0 Å². The zero-order valence-corrected chi connectivity index (χ0v) is 14.0. The maximum absolute atomic E-state index is 12.7. The zero-order chi connectivity index (χ0) is 17.8. The van der Waals surface area contributed by atoms with Crippen molar-refractivity contribution in [2.24, 2.45) is 0 Å². The molecule has 0 saturated carbocycles. The van der Waals surface area contributed by atoms with Crippen LogP contribution in [0.5, 0.6) is 5.75 Å². The highest BCUT2D eigenvalue weighted by Gasteiger charge is 2.37. The quantitative estimate of drug-likeness (QED) is 0.896. The number of amides is 2. The monoisotopic (exact) mass is 346 g/mol. The third-order valence-corrected chi connectivity index (χ3v) is 4.58. The number of benzene rings is 1. The van der Waals surface area contributed by atoms with Gasteiger partial charge in [-0.2, -0.15) is 0 Å². The van der Waals surface area contributed by atoms with Gasteiger partial charge < -0.3 is 14.7 Å². The summed E-state index contributed by atoms with van der Waals surface area (Å²) < 4.78 is 5.54. The normalized spacial score (nSPS) is 20.5. The van der Waals surface area contributed by atoms with Crippen molar-refractivity contribution in [3.8, 4) is 5.75 Å². The number of rotatable bonds is 4. The number of carboxylic acid groups (broad SMARTS) is 1. The lowest BCUT2D eigenvalue weighted by Crippen LogP contribution is -2.51. The van der Waals surface area contributed by atoms with Crippen molar-refractivity contribution in [3.63, 3.8) is 0 Å². The molecule has 0 bridgehead atoms. The molecule has 25 heavy (non-hydrogen) atoms. The van der Waals surface area contributed by atoms with Gasteiger partial charge in [0.1, 0.15) is 12.3 Å².